The summed E-state index contributed by atoms with van der Waals surface area (Å²) in [5, 5.41) is 0. The van der Waals surface area contributed by atoms with Crippen LogP contribution in [0, 0.1) is 5.92 Å². The van der Waals surface area contributed by atoms with Crippen LogP contribution in [0.1, 0.15) is 32.8 Å². The molecule has 4 heteroatoms. The van der Waals surface area contributed by atoms with E-state index in [4.69, 9.17) is 5.73 Å². The third kappa shape index (κ3) is 3.15. The number of hydrogen-bond donors (Lipinski definition) is 1. The summed E-state index contributed by atoms with van der Waals surface area (Å²) in [6, 6.07) is 10.3. The maximum Gasteiger partial charge on any atom is 0.232 e. The number of benzene rings is 1. The van der Waals surface area contributed by atoms with Gasteiger partial charge in [0.05, 0.1) is 5.41 Å². The molecule has 0 spiro atoms. The Hall–Kier alpha value is -1.06. The molecule has 0 aromatic heterocycles. The van der Waals surface area contributed by atoms with Crippen molar-refractivity contribution in [2.45, 2.75) is 38.6 Å². The van der Waals surface area contributed by atoms with Crippen LogP contribution in [0.3, 0.4) is 0 Å². The van der Waals surface area contributed by atoms with Crippen LogP contribution in [-0.2, 0) is 10.2 Å². The molecule has 3 nitrogen and oxygen atoms in total. The second kappa shape index (κ2) is 6.59. The fourth-order valence-electron chi connectivity index (χ4n) is 2.93. The van der Waals surface area contributed by atoms with Crippen LogP contribution in [0.4, 0.5) is 0 Å². The largest absolute Gasteiger partial charge is 0.339 e. The van der Waals surface area contributed by atoms with Crippen molar-refractivity contribution in [3.8, 4) is 0 Å². The molecular formula is C16H25ClN2O. The highest BCUT2D eigenvalue weighted by atomic mass is 35.5. The summed E-state index contributed by atoms with van der Waals surface area (Å²) in [5.41, 5.74) is 6.34. The third-order valence-corrected chi connectivity index (χ3v) is 4.29. The molecule has 1 aromatic rings. The first-order chi connectivity index (χ1) is 8.96. The lowest BCUT2D eigenvalue weighted by molar-refractivity contribution is -0.136. The van der Waals surface area contributed by atoms with Gasteiger partial charge in [0.25, 0.3) is 0 Å². The van der Waals surface area contributed by atoms with Gasteiger partial charge in [0.2, 0.25) is 5.91 Å². The van der Waals surface area contributed by atoms with Crippen LogP contribution < -0.4 is 5.73 Å². The molecule has 1 aromatic carbocycles. The molecule has 1 fully saturated rings. The second-order valence-corrected chi connectivity index (χ2v) is 6.13. The fourth-order valence-corrected chi connectivity index (χ4v) is 2.93. The lowest BCUT2D eigenvalue weighted by Gasteiger charge is -2.32. The average Bonchev–Trinajstić information content (AvgIpc) is 2.80. The molecule has 2 unspecified atom stereocenters. The molecule has 0 radical (unpaired) electrons. The van der Waals surface area contributed by atoms with Crippen molar-refractivity contribution in [2.24, 2.45) is 11.7 Å². The summed E-state index contributed by atoms with van der Waals surface area (Å²) in [4.78, 5) is 14.8. The zero-order valence-corrected chi connectivity index (χ0v) is 13.3. The smallest absolute Gasteiger partial charge is 0.232 e. The number of rotatable bonds is 3. The topological polar surface area (TPSA) is 46.3 Å². The molecule has 0 saturated carbocycles. The molecule has 1 saturated heterocycles. The number of hydrogen-bond acceptors (Lipinski definition) is 2. The van der Waals surface area contributed by atoms with Crippen molar-refractivity contribution in [3.63, 3.8) is 0 Å². The molecule has 1 aliphatic heterocycles. The summed E-state index contributed by atoms with van der Waals surface area (Å²) >= 11 is 0. The van der Waals surface area contributed by atoms with E-state index in [0.717, 1.165) is 18.5 Å². The Kier molecular flexibility index (Phi) is 5.60. The van der Waals surface area contributed by atoms with Crippen LogP contribution in [-0.4, -0.2) is 29.9 Å². The van der Waals surface area contributed by atoms with E-state index >= 15 is 0 Å². The monoisotopic (exact) mass is 296 g/mol. The lowest BCUT2D eigenvalue weighted by Crippen LogP contribution is -2.45. The summed E-state index contributed by atoms with van der Waals surface area (Å²) in [6.07, 6.45) is 1.02. The van der Waals surface area contributed by atoms with E-state index in [2.05, 4.69) is 6.92 Å². The number of carbonyl (C=O) groups is 1. The maximum atomic E-state index is 12.8. The number of likely N-dealkylation sites (tertiary alicyclic amines) is 1. The quantitative estimate of drug-likeness (QED) is 0.932. The number of nitrogens with zero attached hydrogens (tertiary/aromatic N) is 1. The standard InChI is InChI=1S/C16H24N2O.ClH/c1-12-9-13(10-17)11-18(12)15(19)16(2,3)14-7-5-4-6-8-14;/h4-8,12-13H,9-11,17H2,1-3H3;1H. The Morgan fingerprint density at radius 3 is 2.45 bits per heavy atom. The van der Waals surface area contributed by atoms with Crippen molar-refractivity contribution < 1.29 is 4.79 Å². The van der Waals surface area contributed by atoms with Gasteiger partial charge in [-0.3, -0.25) is 4.79 Å². The first-order valence-corrected chi connectivity index (χ1v) is 7.03. The highest BCUT2D eigenvalue weighted by Crippen LogP contribution is 2.31. The van der Waals surface area contributed by atoms with Gasteiger partial charge >= 0.3 is 0 Å². The van der Waals surface area contributed by atoms with Gasteiger partial charge in [0, 0.05) is 12.6 Å². The maximum absolute atomic E-state index is 12.8. The Bertz CT molecular complexity index is 447. The fraction of sp³-hybridized carbons (Fsp3) is 0.562. The zero-order chi connectivity index (χ0) is 14.0. The minimum absolute atomic E-state index is 0. The van der Waals surface area contributed by atoms with Crippen LogP contribution in [0.5, 0.6) is 0 Å². The van der Waals surface area contributed by atoms with Gasteiger partial charge in [0.1, 0.15) is 0 Å². The molecule has 1 aliphatic rings. The van der Waals surface area contributed by atoms with Crippen LogP contribution >= 0.6 is 12.4 Å². The summed E-state index contributed by atoms with van der Waals surface area (Å²) in [6.45, 7) is 7.60. The van der Waals surface area contributed by atoms with Crippen LogP contribution in [0.2, 0.25) is 0 Å². The molecule has 1 heterocycles. The van der Waals surface area contributed by atoms with Gasteiger partial charge in [-0.25, -0.2) is 0 Å². The molecule has 0 aliphatic carbocycles. The van der Waals surface area contributed by atoms with E-state index in [0.29, 0.717) is 18.5 Å². The number of halogens is 1. The van der Waals surface area contributed by atoms with Gasteiger partial charge in [0.15, 0.2) is 0 Å². The third-order valence-electron chi connectivity index (χ3n) is 4.29. The van der Waals surface area contributed by atoms with Crippen molar-refractivity contribution in [2.75, 3.05) is 13.1 Å². The molecule has 2 N–H and O–H groups in total. The van der Waals surface area contributed by atoms with Gasteiger partial charge in [-0.1, -0.05) is 30.3 Å². The van der Waals surface area contributed by atoms with E-state index in [1.54, 1.807) is 0 Å². The number of nitrogens with two attached hydrogens (primary N) is 1. The van der Waals surface area contributed by atoms with E-state index in [-0.39, 0.29) is 18.3 Å². The molecule has 112 valence electrons. The van der Waals surface area contributed by atoms with E-state index in [1.807, 2.05) is 49.1 Å². The molecule has 2 rings (SSSR count). The zero-order valence-electron chi connectivity index (χ0n) is 12.5. The number of amides is 1. The summed E-state index contributed by atoms with van der Waals surface area (Å²) in [7, 11) is 0. The minimum atomic E-state index is -0.473. The van der Waals surface area contributed by atoms with Gasteiger partial charge in [-0.15, -0.1) is 12.4 Å². The number of carbonyl (C=O) groups excluding carboxylic acids is 1. The van der Waals surface area contributed by atoms with Gasteiger partial charge in [-0.2, -0.15) is 0 Å². The molecule has 2 atom stereocenters. The van der Waals surface area contributed by atoms with Crippen molar-refractivity contribution in [1.82, 2.24) is 4.90 Å². The van der Waals surface area contributed by atoms with E-state index in [1.165, 1.54) is 0 Å². The van der Waals surface area contributed by atoms with E-state index < -0.39 is 5.41 Å². The normalized spacial score (nSPS) is 22.5. The molecule has 1 amide bonds. The Balaban J connectivity index is 0.00000200. The van der Waals surface area contributed by atoms with Crippen molar-refractivity contribution in [3.05, 3.63) is 35.9 Å². The van der Waals surface area contributed by atoms with E-state index in [9.17, 15) is 4.79 Å². The van der Waals surface area contributed by atoms with Crippen LogP contribution in [0.15, 0.2) is 30.3 Å². The summed E-state index contributed by atoms with van der Waals surface area (Å²) in [5.74, 6) is 0.660. The molecular weight excluding hydrogens is 272 g/mol. The van der Waals surface area contributed by atoms with Gasteiger partial charge < -0.3 is 10.6 Å². The minimum Gasteiger partial charge on any atom is -0.339 e. The first kappa shape index (κ1) is 17.0. The van der Waals surface area contributed by atoms with Gasteiger partial charge in [-0.05, 0) is 45.2 Å². The Morgan fingerprint density at radius 2 is 1.95 bits per heavy atom. The highest BCUT2D eigenvalue weighted by Gasteiger charge is 2.39. The summed E-state index contributed by atoms with van der Waals surface area (Å²) < 4.78 is 0. The van der Waals surface area contributed by atoms with Crippen molar-refractivity contribution in [1.29, 1.82) is 0 Å². The Labute approximate surface area is 127 Å². The second-order valence-electron chi connectivity index (χ2n) is 6.13. The predicted molar refractivity (Wildman–Crippen MR) is 85.1 cm³/mol. The lowest BCUT2D eigenvalue weighted by atomic mass is 9.83. The highest BCUT2D eigenvalue weighted by molar-refractivity contribution is 5.87. The SMILES string of the molecule is CC1CC(CN)CN1C(=O)C(C)(C)c1ccccc1.Cl. The predicted octanol–water partition coefficient (Wildman–Crippen LogP) is 2.58. The Morgan fingerprint density at radius 1 is 1.35 bits per heavy atom. The first-order valence-electron chi connectivity index (χ1n) is 7.03. The van der Waals surface area contributed by atoms with Crippen molar-refractivity contribution >= 4 is 18.3 Å². The molecule has 0 bridgehead atoms. The average molecular weight is 297 g/mol. The molecule has 20 heavy (non-hydrogen) atoms. The van der Waals surface area contributed by atoms with Crippen LogP contribution in [0.25, 0.3) is 0 Å².